The van der Waals surface area contributed by atoms with Crippen molar-refractivity contribution in [3.63, 3.8) is 0 Å². The van der Waals surface area contributed by atoms with E-state index in [0.29, 0.717) is 54.7 Å². The Labute approximate surface area is 303 Å². The normalized spacial score (nSPS) is 18.4. The predicted octanol–water partition coefficient (Wildman–Crippen LogP) is 4.07. The number of imide groups is 1. The van der Waals surface area contributed by atoms with Gasteiger partial charge in [0.15, 0.2) is 11.6 Å². The van der Waals surface area contributed by atoms with Crippen LogP contribution in [-0.2, 0) is 25.4 Å². The third kappa shape index (κ3) is 6.63. The summed E-state index contributed by atoms with van der Waals surface area (Å²) in [5.41, 5.74) is 2.60. The summed E-state index contributed by atoms with van der Waals surface area (Å²) in [5, 5.41) is 21.4. The summed E-state index contributed by atoms with van der Waals surface area (Å²) < 4.78 is 20.9. The Morgan fingerprint density at radius 2 is 1.88 bits per heavy atom. The monoisotopic (exact) mass is 733 g/mol. The van der Waals surface area contributed by atoms with E-state index in [1.165, 1.54) is 11.1 Å². The summed E-state index contributed by atoms with van der Waals surface area (Å²) >= 11 is 6.53. The highest BCUT2D eigenvalue weighted by Crippen LogP contribution is 2.33. The van der Waals surface area contributed by atoms with Gasteiger partial charge in [-0.3, -0.25) is 28.8 Å². The van der Waals surface area contributed by atoms with Crippen LogP contribution in [0.3, 0.4) is 0 Å². The largest absolute Gasteiger partial charge is 0.390 e. The number of halogens is 2. The Balaban J connectivity index is 1.06. The lowest BCUT2D eigenvalue weighted by Crippen LogP contribution is -2.52. The lowest BCUT2D eigenvalue weighted by Gasteiger charge is -2.40. The molecule has 15 nitrogen and oxygen atoms in total. The summed E-state index contributed by atoms with van der Waals surface area (Å²) in [6, 6.07) is 10.2. The van der Waals surface area contributed by atoms with Crippen LogP contribution in [0.25, 0.3) is 21.9 Å². The van der Waals surface area contributed by atoms with Gasteiger partial charge >= 0.3 is 11.7 Å². The number of carbonyl (C=O) groups excluding carboxylic acids is 2. The number of benzene rings is 2. The number of nitrogens with zero attached hydrogens (tertiary/aromatic N) is 9. The Morgan fingerprint density at radius 1 is 1.10 bits per heavy atom. The van der Waals surface area contributed by atoms with Crippen LogP contribution in [0.5, 0.6) is 0 Å². The molecule has 17 heteroatoms. The summed E-state index contributed by atoms with van der Waals surface area (Å²) in [7, 11) is 5.27. The van der Waals surface area contributed by atoms with Gasteiger partial charge in [-0.15, -0.1) is 0 Å². The van der Waals surface area contributed by atoms with E-state index in [1.807, 2.05) is 41.3 Å². The molecule has 52 heavy (non-hydrogen) atoms. The number of carbonyl (C=O) groups is 2. The van der Waals surface area contributed by atoms with Crippen molar-refractivity contribution in [1.29, 1.82) is 0 Å². The molecule has 0 radical (unpaired) electrons. The third-order valence-corrected chi connectivity index (χ3v) is 10.2. The van der Waals surface area contributed by atoms with Crippen LogP contribution in [0.4, 0.5) is 38.1 Å². The third-order valence-electron chi connectivity index (χ3n) is 9.90. The second-order valence-corrected chi connectivity index (χ2v) is 14.5. The van der Waals surface area contributed by atoms with Crippen molar-refractivity contribution in [1.82, 2.24) is 34.2 Å². The molecule has 2 aliphatic rings. The van der Waals surface area contributed by atoms with Gasteiger partial charge in [0.1, 0.15) is 11.2 Å². The summed E-state index contributed by atoms with van der Waals surface area (Å²) in [6.07, 6.45) is 1.34. The van der Waals surface area contributed by atoms with E-state index in [4.69, 9.17) is 11.6 Å². The Morgan fingerprint density at radius 3 is 2.62 bits per heavy atom. The van der Waals surface area contributed by atoms with E-state index < -0.39 is 23.8 Å². The van der Waals surface area contributed by atoms with Gasteiger partial charge in [-0.25, -0.2) is 19.0 Å². The van der Waals surface area contributed by atoms with Crippen LogP contribution in [-0.4, -0.2) is 90.4 Å². The van der Waals surface area contributed by atoms with Crippen LogP contribution in [0.2, 0.25) is 5.02 Å². The standard InChI is InChI=1S/C35H41ClFN11O4/c1-35(2,52)12-15-47-28-16-20(6-9-26(28)44(4)34(47)51)39-30-23(36)18-38-32(41-30)43(3)25-10-13-46(19-24(25)37)21-7-8-22-27(17-21)45(5)42-31(22)48-14-11-29(49)40-33(48)50/h6-9,16-18,24-25,52H,10-15,19H2,1-5H3,(H,38,39,41)(H,40,49,50). The number of alkyl halides is 1. The van der Waals surface area contributed by atoms with Crippen molar-refractivity contribution in [2.24, 2.45) is 14.1 Å². The first kappa shape index (κ1) is 35.2. The van der Waals surface area contributed by atoms with E-state index in [1.54, 1.807) is 53.7 Å². The SMILES string of the molecule is CN(c1ncc(Cl)c(Nc2ccc3c(c2)n(CCC(C)(C)O)c(=O)n3C)n1)C1CCN(c2ccc3c(N4CCC(=O)NC4=O)nn(C)c3c2)CC1F. The highest BCUT2D eigenvalue weighted by Gasteiger charge is 2.34. The molecule has 2 saturated heterocycles. The molecule has 7 rings (SSSR count). The molecule has 2 aromatic carbocycles. The van der Waals surface area contributed by atoms with Crippen LogP contribution in [0.1, 0.15) is 33.1 Å². The first-order chi connectivity index (χ1) is 24.7. The van der Waals surface area contributed by atoms with E-state index in [2.05, 4.69) is 25.7 Å². The molecule has 274 valence electrons. The fourth-order valence-corrected chi connectivity index (χ4v) is 7.08. The Bertz CT molecular complexity index is 2260. The number of fused-ring (bicyclic) bond motifs is 2. The van der Waals surface area contributed by atoms with E-state index in [-0.39, 0.29) is 36.1 Å². The summed E-state index contributed by atoms with van der Waals surface area (Å²) in [6.45, 7) is 4.73. The number of aryl methyl sites for hydroxylation is 3. The maximum Gasteiger partial charge on any atom is 0.329 e. The van der Waals surface area contributed by atoms with Crippen molar-refractivity contribution < 1.29 is 19.1 Å². The molecule has 2 aliphatic heterocycles. The molecule has 5 heterocycles. The quantitative estimate of drug-likeness (QED) is 0.202. The number of amides is 3. The second-order valence-electron chi connectivity index (χ2n) is 14.1. The average Bonchev–Trinajstić information content (AvgIpc) is 3.55. The van der Waals surface area contributed by atoms with Crippen molar-refractivity contribution in [2.45, 2.75) is 57.5 Å². The zero-order valence-corrected chi connectivity index (χ0v) is 30.4. The number of anilines is 5. The number of hydrogen-bond donors (Lipinski definition) is 3. The highest BCUT2D eigenvalue weighted by molar-refractivity contribution is 6.33. The van der Waals surface area contributed by atoms with Gasteiger partial charge < -0.3 is 20.2 Å². The molecule has 3 amide bonds. The summed E-state index contributed by atoms with van der Waals surface area (Å²) in [5.74, 6) is 0.804. The number of piperidine rings is 1. The van der Waals surface area contributed by atoms with Gasteiger partial charge in [0.2, 0.25) is 11.9 Å². The molecule has 2 atom stereocenters. The van der Waals surface area contributed by atoms with E-state index in [0.717, 1.165) is 22.1 Å². The topological polar surface area (TPSA) is 159 Å². The molecule has 0 spiro atoms. The molecule has 0 aliphatic carbocycles. The van der Waals surface area contributed by atoms with Gasteiger partial charge in [-0.2, -0.15) is 10.1 Å². The molecular formula is C35H41ClFN11O4. The molecule has 2 fully saturated rings. The molecule has 2 unspecified atom stereocenters. The minimum atomic E-state index is -1.23. The molecule has 5 aromatic rings. The van der Waals surface area contributed by atoms with E-state index in [9.17, 15) is 19.5 Å². The molecule has 3 aromatic heterocycles. The van der Waals surface area contributed by atoms with Gasteiger partial charge in [-0.05, 0) is 63.1 Å². The minimum absolute atomic E-state index is 0.146. The maximum atomic E-state index is 16.0. The lowest BCUT2D eigenvalue weighted by molar-refractivity contribution is -0.120. The fourth-order valence-electron chi connectivity index (χ4n) is 6.94. The van der Waals surface area contributed by atoms with Crippen LogP contribution >= 0.6 is 11.6 Å². The predicted molar refractivity (Wildman–Crippen MR) is 199 cm³/mol. The molecule has 3 N–H and O–H groups in total. The number of aromatic nitrogens is 6. The number of nitrogens with one attached hydrogen (secondary N) is 2. The van der Waals surface area contributed by atoms with Crippen LogP contribution < -0.4 is 31.0 Å². The Hall–Kier alpha value is -5.22. The zero-order valence-electron chi connectivity index (χ0n) is 29.6. The van der Waals surface area contributed by atoms with Gasteiger partial charge in [0.05, 0.1) is 40.9 Å². The van der Waals surface area contributed by atoms with E-state index >= 15 is 4.39 Å². The van der Waals surface area contributed by atoms with Gasteiger partial charge in [-0.1, -0.05) is 11.6 Å². The van der Waals surface area contributed by atoms with Crippen LogP contribution in [0, 0.1) is 0 Å². The van der Waals surface area contributed by atoms with Crippen molar-refractivity contribution >= 4 is 74.4 Å². The van der Waals surface area contributed by atoms with Crippen LogP contribution in [0.15, 0.2) is 47.4 Å². The van der Waals surface area contributed by atoms with Crippen molar-refractivity contribution in [3.05, 3.63) is 58.1 Å². The van der Waals surface area contributed by atoms with Crippen molar-refractivity contribution in [3.8, 4) is 0 Å². The average molecular weight is 734 g/mol. The maximum absolute atomic E-state index is 16.0. The minimum Gasteiger partial charge on any atom is -0.390 e. The number of aliphatic hydroxyl groups is 1. The number of imidazole rings is 1. The first-order valence-electron chi connectivity index (χ1n) is 17.1. The zero-order chi connectivity index (χ0) is 37.1. The van der Waals surface area contributed by atoms with Gasteiger partial charge in [0, 0.05) is 64.0 Å². The first-order valence-corrected chi connectivity index (χ1v) is 17.5. The van der Waals surface area contributed by atoms with Gasteiger partial charge in [0.25, 0.3) is 0 Å². The Kier molecular flexibility index (Phi) is 9.07. The molecule has 0 bridgehead atoms. The molecule has 0 saturated carbocycles. The number of urea groups is 1. The molecular weight excluding hydrogens is 693 g/mol. The summed E-state index contributed by atoms with van der Waals surface area (Å²) in [4.78, 5) is 51.4. The van der Waals surface area contributed by atoms with Crippen molar-refractivity contribution in [2.75, 3.05) is 46.7 Å². The number of rotatable bonds is 9. The number of hydrogen-bond acceptors (Lipinski definition) is 10. The lowest BCUT2D eigenvalue weighted by atomic mass is 10.0. The second kappa shape index (κ2) is 13.4. The highest BCUT2D eigenvalue weighted by atomic mass is 35.5. The smallest absolute Gasteiger partial charge is 0.329 e. The fraction of sp³-hybridized carbons (Fsp3) is 0.429.